The maximum absolute atomic E-state index is 12.6. The lowest BCUT2D eigenvalue weighted by molar-refractivity contribution is 0.102. The summed E-state index contributed by atoms with van der Waals surface area (Å²) < 4.78 is 28.4. The molecular formula is C18H25ClN4O3S. The molecule has 1 amide bonds. The molecule has 0 aliphatic rings. The van der Waals surface area contributed by atoms with Crippen molar-refractivity contribution in [3.63, 3.8) is 0 Å². The second-order valence-electron chi connectivity index (χ2n) is 7.08. The van der Waals surface area contributed by atoms with Crippen LogP contribution in [0, 0.1) is 12.8 Å². The summed E-state index contributed by atoms with van der Waals surface area (Å²) in [6.07, 6.45) is 0. The number of nitrogens with one attached hydrogen (secondary N) is 2. The van der Waals surface area contributed by atoms with Crippen molar-refractivity contribution in [3.05, 3.63) is 40.7 Å². The topological polar surface area (TPSA) is 93.1 Å². The lowest BCUT2D eigenvalue weighted by Crippen LogP contribution is -2.30. The van der Waals surface area contributed by atoms with E-state index < -0.39 is 10.0 Å². The largest absolute Gasteiger partial charge is 0.322 e. The van der Waals surface area contributed by atoms with Crippen LogP contribution in [-0.4, -0.2) is 30.1 Å². The Morgan fingerprint density at radius 3 is 2.30 bits per heavy atom. The number of hydrogen-bond acceptors (Lipinski definition) is 4. The van der Waals surface area contributed by atoms with E-state index in [1.807, 2.05) is 13.8 Å². The molecule has 2 rings (SSSR count). The van der Waals surface area contributed by atoms with E-state index in [1.54, 1.807) is 25.5 Å². The molecule has 2 N–H and O–H groups in total. The molecule has 148 valence electrons. The predicted octanol–water partition coefficient (Wildman–Crippen LogP) is 3.44. The normalized spacial score (nSPS) is 12.0. The van der Waals surface area contributed by atoms with Crippen molar-refractivity contribution in [2.75, 3.05) is 5.32 Å². The molecule has 0 spiro atoms. The third-order valence-electron chi connectivity index (χ3n) is 3.64. The molecule has 0 atom stereocenters. The van der Waals surface area contributed by atoms with Crippen LogP contribution in [0.3, 0.4) is 0 Å². The summed E-state index contributed by atoms with van der Waals surface area (Å²) in [5, 5.41) is 7.35. The van der Waals surface area contributed by atoms with Crippen LogP contribution in [0.25, 0.3) is 0 Å². The van der Waals surface area contributed by atoms with Crippen LogP contribution in [0.5, 0.6) is 0 Å². The van der Waals surface area contributed by atoms with Crippen molar-refractivity contribution >= 4 is 33.2 Å². The first kappa shape index (κ1) is 21.4. The average molecular weight is 413 g/mol. The number of hydrogen-bond donors (Lipinski definition) is 2. The molecular weight excluding hydrogens is 388 g/mol. The van der Waals surface area contributed by atoms with E-state index in [0.29, 0.717) is 34.6 Å². The van der Waals surface area contributed by atoms with Gasteiger partial charge in [0, 0.05) is 18.3 Å². The molecule has 0 unspecified atom stereocenters. The first-order valence-electron chi connectivity index (χ1n) is 8.68. The van der Waals surface area contributed by atoms with Crippen molar-refractivity contribution in [2.24, 2.45) is 5.92 Å². The van der Waals surface area contributed by atoms with Gasteiger partial charge in [0.1, 0.15) is 5.15 Å². The molecule has 0 aliphatic carbocycles. The van der Waals surface area contributed by atoms with E-state index in [1.165, 1.54) is 24.3 Å². The van der Waals surface area contributed by atoms with Crippen LogP contribution in [0.15, 0.2) is 29.2 Å². The Hall–Kier alpha value is -1.90. The first-order valence-corrected chi connectivity index (χ1v) is 10.5. The van der Waals surface area contributed by atoms with Gasteiger partial charge >= 0.3 is 0 Å². The van der Waals surface area contributed by atoms with Crippen LogP contribution in [0.2, 0.25) is 5.15 Å². The van der Waals surface area contributed by atoms with Crippen molar-refractivity contribution in [2.45, 2.75) is 52.1 Å². The van der Waals surface area contributed by atoms with Crippen molar-refractivity contribution in [3.8, 4) is 0 Å². The number of aromatic nitrogens is 2. The Morgan fingerprint density at radius 2 is 1.78 bits per heavy atom. The van der Waals surface area contributed by atoms with Gasteiger partial charge in [0.05, 0.1) is 16.2 Å². The molecule has 1 aromatic carbocycles. The molecule has 27 heavy (non-hydrogen) atoms. The number of sulfonamides is 1. The lowest BCUT2D eigenvalue weighted by atomic mass is 10.2. The van der Waals surface area contributed by atoms with Gasteiger partial charge in [0.2, 0.25) is 10.0 Å². The van der Waals surface area contributed by atoms with Gasteiger partial charge in [-0.05, 0) is 51.0 Å². The van der Waals surface area contributed by atoms with Crippen LogP contribution < -0.4 is 10.0 Å². The van der Waals surface area contributed by atoms with Gasteiger partial charge < -0.3 is 5.32 Å². The molecule has 0 fully saturated rings. The first-order chi connectivity index (χ1) is 12.5. The van der Waals surface area contributed by atoms with Crippen LogP contribution in [-0.2, 0) is 16.6 Å². The Balaban J connectivity index is 2.19. The Bertz CT molecular complexity index is 919. The van der Waals surface area contributed by atoms with Gasteiger partial charge in [-0.1, -0.05) is 25.4 Å². The third-order valence-corrected chi connectivity index (χ3v) is 5.70. The van der Waals surface area contributed by atoms with Crippen LogP contribution >= 0.6 is 11.6 Å². The molecule has 2 aromatic rings. The highest BCUT2D eigenvalue weighted by molar-refractivity contribution is 7.89. The van der Waals surface area contributed by atoms with Crippen molar-refractivity contribution < 1.29 is 13.2 Å². The second kappa shape index (κ2) is 8.41. The molecule has 1 aromatic heterocycles. The van der Waals surface area contributed by atoms with E-state index in [2.05, 4.69) is 15.1 Å². The number of halogens is 1. The third kappa shape index (κ3) is 5.31. The highest BCUT2D eigenvalue weighted by Crippen LogP contribution is 2.23. The predicted molar refractivity (Wildman–Crippen MR) is 107 cm³/mol. The highest BCUT2D eigenvalue weighted by Gasteiger charge is 2.21. The SMILES string of the molecule is Cc1nn(CC(C)C)c(Cl)c1C(=O)Nc1ccc(S(=O)(=O)NC(C)C)cc1. The van der Waals surface area contributed by atoms with E-state index >= 15 is 0 Å². The van der Waals surface area contributed by atoms with Gasteiger partial charge in [0.25, 0.3) is 5.91 Å². The number of benzene rings is 1. The quantitative estimate of drug-likeness (QED) is 0.728. The molecule has 7 nitrogen and oxygen atoms in total. The molecule has 9 heteroatoms. The number of amides is 1. The number of rotatable bonds is 7. The van der Waals surface area contributed by atoms with Gasteiger partial charge in [-0.15, -0.1) is 0 Å². The van der Waals surface area contributed by atoms with Gasteiger partial charge in [-0.25, -0.2) is 13.1 Å². The number of nitrogens with zero attached hydrogens (tertiary/aromatic N) is 2. The van der Waals surface area contributed by atoms with Gasteiger partial charge in [0.15, 0.2) is 0 Å². The van der Waals surface area contributed by atoms with Crippen LogP contribution in [0.1, 0.15) is 43.7 Å². The summed E-state index contributed by atoms with van der Waals surface area (Å²) >= 11 is 6.32. The molecule has 0 aliphatic heterocycles. The minimum absolute atomic E-state index is 0.133. The van der Waals surface area contributed by atoms with E-state index in [-0.39, 0.29) is 16.8 Å². The standard InChI is InChI=1S/C18H25ClN4O3S/c1-11(2)10-23-17(19)16(13(5)21-23)18(24)20-14-6-8-15(9-7-14)27(25,26)22-12(3)4/h6-9,11-12,22H,10H2,1-5H3,(H,20,24). The monoisotopic (exact) mass is 412 g/mol. The summed E-state index contributed by atoms with van der Waals surface area (Å²) in [4.78, 5) is 12.7. The smallest absolute Gasteiger partial charge is 0.260 e. The summed E-state index contributed by atoms with van der Waals surface area (Å²) in [5.74, 6) is -0.0462. The second-order valence-corrected chi connectivity index (χ2v) is 9.15. The zero-order chi connectivity index (χ0) is 20.4. The fraction of sp³-hybridized carbons (Fsp3) is 0.444. The minimum atomic E-state index is -3.58. The highest BCUT2D eigenvalue weighted by atomic mass is 35.5. The summed E-state index contributed by atoms with van der Waals surface area (Å²) in [7, 11) is -3.58. The molecule has 0 radical (unpaired) electrons. The number of aryl methyl sites for hydroxylation is 1. The number of carbonyl (C=O) groups excluding carboxylic acids is 1. The summed E-state index contributed by atoms with van der Waals surface area (Å²) in [6.45, 7) is 9.91. The summed E-state index contributed by atoms with van der Waals surface area (Å²) in [6, 6.07) is 5.75. The van der Waals surface area contributed by atoms with Crippen molar-refractivity contribution in [1.29, 1.82) is 0 Å². The number of carbonyl (C=O) groups is 1. The Labute approximate surface area is 165 Å². The van der Waals surface area contributed by atoms with Crippen molar-refractivity contribution in [1.82, 2.24) is 14.5 Å². The average Bonchev–Trinajstić information content (AvgIpc) is 2.80. The fourth-order valence-electron chi connectivity index (χ4n) is 2.57. The Kier molecular flexibility index (Phi) is 6.67. The van der Waals surface area contributed by atoms with E-state index in [0.717, 1.165) is 0 Å². The molecule has 1 heterocycles. The molecule has 0 saturated heterocycles. The van der Waals surface area contributed by atoms with E-state index in [9.17, 15) is 13.2 Å². The fourth-order valence-corrected chi connectivity index (χ4v) is 4.15. The maximum atomic E-state index is 12.6. The maximum Gasteiger partial charge on any atom is 0.260 e. The van der Waals surface area contributed by atoms with Crippen LogP contribution in [0.4, 0.5) is 5.69 Å². The minimum Gasteiger partial charge on any atom is -0.322 e. The molecule has 0 bridgehead atoms. The Morgan fingerprint density at radius 1 is 1.19 bits per heavy atom. The zero-order valence-corrected chi connectivity index (χ0v) is 17.6. The zero-order valence-electron chi connectivity index (χ0n) is 16.1. The molecule has 0 saturated carbocycles. The number of anilines is 1. The van der Waals surface area contributed by atoms with Gasteiger partial charge in [-0.3, -0.25) is 9.48 Å². The summed E-state index contributed by atoms with van der Waals surface area (Å²) in [5.41, 5.74) is 1.32. The lowest BCUT2D eigenvalue weighted by Gasteiger charge is -2.10. The van der Waals surface area contributed by atoms with E-state index in [4.69, 9.17) is 11.6 Å². The van der Waals surface area contributed by atoms with Gasteiger partial charge in [-0.2, -0.15) is 5.10 Å².